The molecular formula is C10H11N3O3S. The molecule has 7 heteroatoms. The van der Waals surface area contributed by atoms with Gasteiger partial charge >= 0.3 is 0 Å². The first-order chi connectivity index (χ1) is 8.16. The maximum atomic E-state index is 11.6. The summed E-state index contributed by atoms with van der Waals surface area (Å²) in [6, 6.07) is 4.92. The standard InChI is InChI=1S/C10H11N3O3S/c11-10(17)13-12-9(14)6-1-2-7-8(5-6)16-4-3-15-7/h1-2,5H,3-4H2,(H,12,14)(H3,11,13,17). The number of ether oxygens (including phenoxy) is 2. The van der Waals surface area contributed by atoms with E-state index in [-0.39, 0.29) is 11.0 Å². The minimum atomic E-state index is -0.352. The Labute approximate surface area is 103 Å². The van der Waals surface area contributed by atoms with Gasteiger partial charge in [-0.2, -0.15) is 0 Å². The maximum absolute atomic E-state index is 11.6. The summed E-state index contributed by atoms with van der Waals surface area (Å²) in [5, 5.41) is -0.00380. The molecule has 0 aliphatic carbocycles. The van der Waals surface area contributed by atoms with Crippen LogP contribution in [0.25, 0.3) is 0 Å². The van der Waals surface area contributed by atoms with E-state index in [1.54, 1.807) is 18.2 Å². The van der Waals surface area contributed by atoms with Crippen molar-refractivity contribution in [1.29, 1.82) is 0 Å². The minimum absolute atomic E-state index is 0.00380. The van der Waals surface area contributed by atoms with Gasteiger partial charge in [-0.25, -0.2) is 0 Å². The second-order valence-electron chi connectivity index (χ2n) is 3.30. The molecule has 6 nitrogen and oxygen atoms in total. The zero-order valence-electron chi connectivity index (χ0n) is 8.86. The van der Waals surface area contributed by atoms with Crippen molar-refractivity contribution in [3.8, 4) is 11.5 Å². The summed E-state index contributed by atoms with van der Waals surface area (Å²) in [5.74, 6) is 0.837. The second kappa shape index (κ2) is 4.88. The molecule has 1 aromatic rings. The smallest absolute Gasteiger partial charge is 0.269 e. The molecule has 1 aromatic carbocycles. The van der Waals surface area contributed by atoms with Gasteiger partial charge in [0.2, 0.25) is 0 Å². The van der Waals surface area contributed by atoms with Gasteiger partial charge in [-0.05, 0) is 30.4 Å². The van der Waals surface area contributed by atoms with Crippen LogP contribution in [-0.2, 0) is 0 Å². The Kier molecular flexibility index (Phi) is 3.29. The molecule has 0 saturated heterocycles. The maximum Gasteiger partial charge on any atom is 0.269 e. The molecule has 0 unspecified atom stereocenters. The van der Waals surface area contributed by atoms with E-state index in [4.69, 9.17) is 15.2 Å². The topological polar surface area (TPSA) is 85.6 Å². The summed E-state index contributed by atoms with van der Waals surface area (Å²) >= 11 is 4.57. The summed E-state index contributed by atoms with van der Waals surface area (Å²) in [4.78, 5) is 11.6. The van der Waals surface area contributed by atoms with Gasteiger partial charge in [0.25, 0.3) is 5.91 Å². The lowest BCUT2D eigenvalue weighted by atomic mass is 10.2. The predicted octanol–water partition coefficient (Wildman–Crippen LogP) is -0.0642. The number of carbonyl (C=O) groups is 1. The summed E-state index contributed by atoms with van der Waals surface area (Å²) in [5.41, 5.74) is 10.3. The fraction of sp³-hybridized carbons (Fsp3) is 0.200. The predicted molar refractivity (Wildman–Crippen MR) is 64.8 cm³/mol. The Hall–Kier alpha value is -2.02. The quantitative estimate of drug-likeness (QED) is 0.480. The number of nitrogens with two attached hydrogens (primary N) is 1. The second-order valence-corrected chi connectivity index (χ2v) is 3.74. The molecule has 1 aliphatic rings. The number of fused-ring (bicyclic) bond motifs is 1. The van der Waals surface area contributed by atoms with Crippen LogP contribution in [0.5, 0.6) is 11.5 Å². The van der Waals surface area contributed by atoms with Crippen molar-refractivity contribution < 1.29 is 14.3 Å². The molecule has 0 fully saturated rings. The van der Waals surface area contributed by atoms with E-state index >= 15 is 0 Å². The number of hydrogen-bond acceptors (Lipinski definition) is 4. The van der Waals surface area contributed by atoms with Crippen LogP contribution < -0.4 is 26.1 Å². The number of carbonyl (C=O) groups excluding carboxylic acids is 1. The first-order valence-electron chi connectivity index (χ1n) is 4.92. The zero-order chi connectivity index (χ0) is 12.3. The van der Waals surface area contributed by atoms with Gasteiger partial charge in [0.1, 0.15) is 13.2 Å². The highest BCUT2D eigenvalue weighted by atomic mass is 32.1. The number of amides is 1. The van der Waals surface area contributed by atoms with Crippen molar-refractivity contribution in [2.75, 3.05) is 13.2 Å². The van der Waals surface area contributed by atoms with Crippen molar-refractivity contribution >= 4 is 23.2 Å². The average molecular weight is 253 g/mol. The zero-order valence-corrected chi connectivity index (χ0v) is 9.67. The number of hydrogen-bond donors (Lipinski definition) is 3. The molecule has 2 rings (SSSR count). The van der Waals surface area contributed by atoms with Crippen LogP contribution in [0.15, 0.2) is 18.2 Å². The normalized spacial score (nSPS) is 12.7. The van der Waals surface area contributed by atoms with E-state index in [1.807, 2.05) is 0 Å². The molecule has 4 N–H and O–H groups in total. The Morgan fingerprint density at radius 3 is 2.65 bits per heavy atom. The third kappa shape index (κ3) is 2.76. The van der Waals surface area contributed by atoms with E-state index in [0.717, 1.165) is 0 Å². The van der Waals surface area contributed by atoms with Crippen molar-refractivity contribution in [3.05, 3.63) is 23.8 Å². The van der Waals surface area contributed by atoms with Crippen molar-refractivity contribution in [2.45, 2.75) is 0 Å². The monoisotopic (exact) mass is 253 g/mol. The Morgan fingerprint density at radius 2 is 1.94 bits per heavy atom. The van der Waals surface area contributed by atoms with Crippen LogP contribution in [0, 0.1) is 0 Å². The number of benzene rings is 1. The third-order valence-corrected chi connectivity index (χ3v) is 2.21. The number of thiocarbonyl (C=S) groups is 1. The van der Waals surface area contributed by atoms with Gasteiger partial charge in [-0.1, -0.05) is 0 Å². The molecule has 0 atom stereocenters. The lowest BCUT2D eigenvalue weighted by molar-refractivity contribution is 0.0942. The van der Waals surface area contributed by atoms with E-state index in [0.29, 0.717) is 30.3 Å². The van der Waals surface area contributed by atoms with Gasteiger partial charge in [-0.15, -0.1) is 0 Å². The summed E-state index contributed by atoms with van der Waals surface area (Å²) in [7, 11) is 0. The van der Waals surface area contributed by atoms with Crippen LogP contribution in [0.2, 0.25) is 0 Å². The van der Waals surface area contributed by atoms with Gasteiger partial charge in [-0.3, -0.25) is 15.6 Å². The van der Waals surface area contributed by atoms with Crippen molar-refractivity contribution in [1.82, 2.24) is 10.9 Å². The molecule has 90 valence electrons. The van der Waals surface area contributed by atoms with Crippen LogP contribution in [0.1, 0.15) is 10.4 Å². The molecule has 0 aromatic heterocycles. The highest BCUT2D eigenvalue weighted by molar-refractivity contribution is 7.80. The largest absolute Gasteiger partial charge is 0.486 e. The van der Waals surface area contributed by atoms with Crippen LogP contribution >= 0.6 is 12.2 Å². The molecule has 0 bridgehead atoms. The molecular weight excluding hydrogens is 242 g/mol. The van der Waals surface area contributed by atoms with Gasteiger partial charge < -0.3 is 15.2 Å². The lowest BCUT2D eigenvalue weighted by Crippen LogP contribution is -2.44. The highest BCUT2D eigenvalue weighted by Crippen LogP contribution is 2.30. The summed E-state index contributed by atoms with van der Waals surface area (Å²) < 4.78 is 10.7. The number of nitrogens with one attached hydrogen (secondary N) is 2. The molecule has 17 heavy (non-hydrogen) atoms. The molecule has 1 aliphatic heterocycles. The number of hydrazine groups is 1. The van der Waals surface area contributed by atoms with E-state index in [2.05, 4.69) is 23.1 Å². The van der Waals surface area contributed by atoms with Gasteiger partial charge in [0, 0.05) is 5.56 Å². The number of rotatable bonds is 1. The van der Waals surface area contributed by atoms with Crippen LogP contribution in [-0.4, -0.2) is 24.2 Å². The summed E-state index contributed by atoms with van der Waals surface area (Å²) in [6.45, 7) is 0.991. The fourth-order valence-corrected chi connectivity index (χ4v) is 1.43. The molecule has 1 amide bonds. The minimum Gasteiger partial charge on any atom is -0.486 e. The van der Waals surface area contributed by atoms with Crippen LogP contribution in [0.4, 0.5) is 0 Å². The summed E-state index contributed by atoms with van der Waals surface area (Å²) in [6.07, 6.45) is 0. The third-order valence-electron chi connectivity index (χ3n) is 2.10. The highest BCUT2D eigenvalue weighted by Gasteiger charge is 2.14. The SMILES string of the molecule is NC(=S)NNC(=O)c1ccc2c(c1)OCCO2. The average Bonchev–Trinajstić information content (AvgIpc) is 2.35. The molecule has 0 spiro atoms. The fourth-order valence-electron chi connectivity index (χ4n) is 1.38. The molecule has 1 heterocycles. The van der Waals surface area contributed by atoms with Crippen LogP contribution in [0.3, 0.4) is 0 Å². The molecule has 0 radical (unpaired) electrons. The lowest BCUT2D eigenvalue weighted by Gasteiger charge is -2.18. The van der Waals surface area contributed by atoms with E-state index in [9.17, 15) is 4.79 Å². The first kappa shape index (κ1) is 11.5. The Morgan fingerprint density at radius 1 is 1.24 bits per heavy atom. The van der Waals surface area contributed by atoms with Crippen molar-refractivity contribution in [2.24, 2.45) is 5.73 Å². The Bertz CT molecular complexity index is 464. The molecule has 0 saturated carbocycles. The Balaban J connectivity index is 2.11. The van der Waals surface area contributed by atoms with Gasteiger partial charge in [0.05, 0.1) is 0 Å². The van der Waals surface area contributed by atoms with E-state index in [1.165, 1.54) is 0 Å². The van der Waals surface area contributed by atoms with Crippen molar-refractivity contribution in [3.63, 3.8) is 0 Å². The first-order valence-corrected chi connectivity index (χ1v) is 5.33. The van der Waals surface area contributed by atoms with E-state index < -0.39 is 0 Å². The van der Waals surface area contributed by atoms with Gasteiger partial charge in [0.15, 0.2) is 16.6 Å².